The van der Waals surface area contributed by atoms with Gasteiger partial charge in [0, 0.05) is 0 Å². The van der Waals surface area contributed by atoms with Gasteiger partial charge in [0.25, 0.3) is 5.91 Å². The summed E-state index contributed by atoms with van der Waals surface area (Å²) in [5.74, 6) is 1.79. The summed E-state index contributed by atoms with van der Waals surface area (Å²) < 4.78 is 11.1. The van der Waals surface area contributed by atoms with Crippen LogP contribution in [0.5, 0.6) is 11.5 Å². The van der Waals surface area contributed by atoms with Crippen LogP contribution in [0.4, 0.5) is 0 Å². The van der Waals surface area contributed by atoms with Gasteiger partial charge in [-0.05, 0) is 48.6 Å². The van der Waals surface area contributed by atoms with Crippen molar-refractivity contribution < 1.29 is 14.3 Å². The first kappa shape index (κ1) is 19.8. The van der Waals surface area contributed by atoms with Crippen LogP contribution in [-0.2, 0) is 4.79 Å². The molecule has 2 rings (SSSR count). The number of nitrogens with one attached hydrogen (secondary N) is 1. The smallest absolute Gasteiger partial charge is 0.261 e. The fourth-order valence-corrected chi connectivity index (χ4v) is 2.86. The number of hydrogen-bond donors (Lipinski definition) is 1. The van der Waals surface area contributed by atoms with Crippen molar-refractivity contribution in [2.45, 2.75) is 52.2 Å². The Bertz CT molecular complexity index is 710. The van der Waals surface area contributed by atoms with Crippen LogP contribution in [0.3, 0.4) is 0 Å². The first-order valence-electron chi connectivity index (χ1n) is 9.16. The van der Waals surface area contributed by atoms with E-state index in [4.69, 9.17) is 9.47 Å². The van der Waals surface area contributed by atoms with E-state index in [-0.39, 0.29) is 11.9 Å². The third-order valence-corrected chi connectivity index (χ3v) is 4.46. The number of para-hydroxylation sites is 1. The van der Waals surface area contributed by atoms with Crippen LogP contribution in [0.1, 0.15) is 57.2 Å². The van der Waals surface area contributed by atoms with Gasteiger partial charge in [0.15, 0.2) is 6.10 Å². The normalized spacial score (nSPS) is 13.2. The molecule has 1 amide bonds. The molecule has 2 aromatic rings. The predicted octanol–water partition coefficient (Wildman–Crippen LogP) is 4.85. The first-order valence-corrected chi connectivity index (χ1v) is 9.16. The van der Waals surface area contributed by atoms with E-state index >= 15 is 0 Å². The van der Waals surface area contributed by atoms with Gasteiger partial charge < -0.3 is 14.8 Å². The van der Waals surface area contributed by atoms with Crippen LogP contribution in [0.15, 0.2) is 48.5 Å². The highest BCUT2D eigenvalue weighted by Crippen LogP contribution is 2.27. The van der Waals surface area contributed by atoms with E-state index in [0.29, 0.717) is 5.92 Å². The molecule has 1 N–H and O–H groups in total. The second kappa shape index (κ2) is 9.27. The molecule has 4 nitrogen and oxygen atoms in total. The summed E-state index contributed by atoms with van der Waals surface area (Å²) in [4.78, 5) is 12.6. The van der Waals surface area contributed by atoms with Crippen LogP contribution >= 0.6 is 0 Å². The summed E-state index contributed by atoms with van der Waals surface area (Å²) >= 11 is 0. The summed E-state index contributed by atoms with van der Waals surface area (Å²) in [6.45, 7) is 8.06. The minimum atomic E-state index is -0.567. The SMILES string of the molecule is CC[C@@H](NC(=O)[C@H](C)Oc1ccccc1C(C)C)c1ccc(OC)cc1. The average molecular weight is 355 g/mol. The number of hydrogen-bond acceptors (Lipinski definition) is 3. The minimum absolute atomic E-state index is 0.0557. The zero-order chi connectivity index (χ0) is 19.1. The molecule has 0 fully saturated rings. The van der Waals surface area contributed by atoms with Gasteiger partial charge in [-0.1, -0.05) is 51.1 Å². The van der Waals surface area contributed by atoms with Crippen LogP contribution in [0.2, 0.25) is 0 Å². The van der Waals surface area contributed by atoms with Crippen LogP contribution in [0, 0.1) is 0 Å². The maximum Gasteiger partial charge on any atom is 0.261 e. The van der Waals surface area contributed by atoms with Crippen LogP contribution in [0.25, 0.3) is 0 Å². The Kier molecular flexibility index (Phi) is 7.07. The van der Waals surface area contributed by atoms with Crippen molar-refractivity contribution in [2.75, 3.05) is 7.11 Å². The summed E-state index contributed by atoms with van der Waals surface area (Å²) in [6, 6.07) is 15.6. The van der Waals surface area contributed by atoms with E-state index in [9.17, 15) is 4.79 Å². The number of ether oxygens (including phenoxy) is 2. The number of carbonyl (C=O) groups excluding carboxylic acids is 1. The molecule has 0 saturated carbocycles. The van der Waals surface area contributed by atoms with E-state index in [1.807, 2.05) is 48.5 Å². The molecule has 0 bridgehead atoms. The van der Waals surface area contributed by atoms with E-state index in [2.05, 4.69) is 26.1 Å². The fourth-order valence-electron chi connectivity index (χ4n) is 2.86. The number of methoxy groups -OCH3 is 1. The highest BCUT2D eigenvalue weighted by molar-refractivity contribution is 5.81. The largest absolute Gasteiger partial charge is 0.497 e. The lowest BCUT2D eigenvalue weighted by Crippen LogP contribution is -2.38. The Morgan fingerprint density at radius 3 is 2.27 bits per heavy atom. The third kappa shape index (κ3) is 5.01. The fraction of sp³-hybridized carbons (Fsp3) is 0.409. The van der Waals surface area contributed by atoms with Gasteiger partial charge in [0.2, 0.25) is 0 Å². The number of amides is 1. The Morgan fingerprint density at radius 2 is 1.69 bits per heavy atom. The average Bonchev–Trinajstić information content (AvgIpc) is 2.66. The molecule has 26 heavy (non-hydrogen) atoms. The topological polar surface area (TPSA) is 47.6 Å². The maximum absolute atomic E-state index is 12.6. The molecule has 0 heterocycles. The molecule has 2 atom stereocenters. The number of benzene rings is 2. The van der Waals surface area contributed by atoms with Crippen molar-refractivity contribution in [3.63, 3.8) is 0 Å². The molecule has 0 saturated heterocycles. The monoisotopic (exact) mass is 355 g/mol. The van der Waals surface area contributed by atoms with Gasteiger partial charge in [-0.3, -0.25) is 4.79 Å². The second-order valence-electron chi connectivity index (χ2n) is 6.70. The van der Waals surface area contributed by atoms with Crippen molar-refractivity contribution in [2.24, 2.45) is 0 Å². The molecule has 140 valence electrons. The second-order valence-corrected chi connectivity index (χ2v) is 6.70. The molecule has 0 spiro atoms. The van der Waals surface area contributed by atoms with Gasteiger partial charge in [0.05, 0.1) is 13.2 Å². The molecular weight excluding hydrogens is 326 g/mol. The van der Waals surface area contributed by atoms with E-state index in [1.54, 1.807) is 14.0 Å². The lowest BCUT2D eigenvalue weighted by atomic mass is 10.0. The number of carbonyl (C=O) groups is 1. The minimum Gasteiger partial charge on any atom is -0.497 e. The molecule has 0 aliphatic rings. The van der Waals surface area contributed by atoms with Gasteiger partial charge in [-0.25, -0.2) is 0 Å². The van der Waals surface area contributed by atoms with Crippen molar-refractivity contribution in [3.8, 4) is 11.5 Å². The van der Waals surface area contributed by atoms with Crippen molar-refractivity contribution in [3.05, 3.63) is 59.7 Å². The highest BCUT2D eigenvalue weighted by Gasteiger charge is 2.20. The Labute approximate surface area is 156 Å². The van der Waals surface area contributed by atoms with Crippen LogP contribution in [-0.4, -0.2) is 19.1 Å². The standard InChI is InChI=1S/C22H29NO3/c1-6-20(17-11-13-18(25-5)14-12-17)23-22(24)16(4)26-21-10-8-7-9-19(21)15(2)3/h7-16,20H,6H2,1-5H3,(H,23,24)/t16-,20+/m0/s1. The highest BCUT2D eigenvalue weighted by atomic mass is 16.5. The molecule has 0 radical (unpaired) electrons. The van der Waals surface area contributed by atoms with Gasteiger partial charge in [0.1, 0.15) is 11.5 Å². The summed E-state index contributed by atoms with van der Waals surface area (Å²) in [5, 5.41) is 3.08. The molecule has 2 aromatic carbocycles. The third-order valence-electron chi connectivity index (χ3n) is 4.46. The summed E-state index contributed by atoms with van der Waals surface area (Å²) in [5.41, 5.74) is 2.16. The lowest BCUT2D eigenvalue weighted by molar-refractivity contribution is -0.128. The molecular formula is C22H29NO3. The quantitative estimate of drug-likeness (QED) is 0.736. The molecule has 4 heteroatoms. The van der Waals surface area contributed by atoms with Gasteiger partial charge in [-0.15, -0.1) is 0 Å². The van der Waals surface area contributed by atoms with Gasteiger partial charge >= 0.3 is 0 Å². The van der Waals surface area contributed by atoms with Gasteiger partial charge in [-0.2, -0.15) is 0 Å². The van der Waals surface area contributed by atoms with Crippen LogP contribution < -0.4 is 14.8 Å². The van der Waals surface area contributed by atoms with Crippen molar-refractivity contribution >= 4 is 5.91 Å². The molecule has 0 unspecified atom stereocenters. The van der Waals surface area contributed by atoms with E-state index in [0.717, 1.165) is 29.0 Å². The predicted molar refractivity (Wildman–Crippen MR) is 105 cm³/mol. The van der Waals surface area contributed by atoms with E-state index in [1.165, 1.54) is 0 Å². The maximum atomic E-state index is 12.6. The first-order chi connectivity index (χ1) is 12.5. The zero-order valence-corrected chi connectivity index (χ0v) is 16.3. The lowest BCUT2D eigenvalue weighted by Gasteiger charge is -2.22. The summed E-state index contributed by atoms with van der Waals surface area (Å²) in [7, 11) is 1.64. The Balaban J connectivity index is 2.05. The molecule has 0 aliphatic heterocycles. The summed E-state index contributed by atoms with van der Waals surface area (Å²) in [6.07, 6.45) is 0.232. The Morgan fingerprint density at radius 1 is 1.04 bits per heavy atom. The Hall–Kier alpha value is -2.49. The molecule has 0 aliphatic carbocycles. The van der Waals surface area contributed by atoms with Crippen molar-refractivity contribution in [1.29, 1.82) is 0 Å². The zero-order valence-electron chi connectivity index (χ0n) is 16.3. The van der Waals surface area contributed by atoms with Crippen molar-refractivity contribution in [1.82, 2.24) is 5.32 Å². The number of rotatable bonds is 8. The molecule has 0 aromatic heterocycles. The van der Waals surface area contributed by atoms with E-state index < -0.39 is 6.10 Å².